The van der Waals surface area contributed by atoms with Crippen molar-refractivity contribution in [2.24, 2.45) is 16.2 Å². The number of carbonyl (C=O) groups excluding carboxylic acids is 5. The molecule has 4 heterocycles. The Labute approximate surface area is 524 Å². The van der Waals surface area contributed by atoms with Crippen LogP contribution in [-0.4, -0.2) is 168 Å². The fraction of sp³-hybridized carbons (Fsp3) is 0.523. The molecule has 0 spiro atoms. The summed E-state index contributed by atoms with van der Waals surface area (Å²) >= 11 is 1.44. The normalized spacial score (nSPS) is 23.8. The standard InChI is InChI=1S/C65H80F3N9O9S3/c1-62(2)24-22-45(53(38-62)64-41-63(3,42-64)43-64)39-75-32-34-76(35-33-75)48-15-12-44(13-16-48)58(79)72-89(85,86)50-17-19-54(56(37-50)88(83,84)65(66,67)68)70-47(40-87-49-10-6-4-7-11-49)23-27-74-30-28-73(29-31-74)26-9-5-8-25-69-46-14-18-51-52(36-46)61(82)77(60(51)81)55-20-21-57(78)71-59(55)80/h4,6-7,10-19,36-37,47,55,69-70H,5,8-9,20-35,38-43H2,1-3H3,(H,72,79)(H,71,78,80)/t47-,55?,63?,64?/m1/s1. The van der Waals surface area contributed by atoms with Gasteiger partial charge in [-0.1, -0.05) is 56.5 Å². The fourth-order valence-corrected chi connectivity index (χ4v) is 17.5. The number of sulfone groups is 1. The molecule has 2 atom stereocenters. The van der Waals surface area contributed by atoms with Gasteiger partial charge in [-0.05, 0) is 160 Å². The van der Waals surface area contributed by atoms with Crippen LogP contribution in [0.2, 0.25) is 0 Å². The summed E-state index contributed by atoms with van der Waals surface area (Å²) in [5.41, 5.74) is 0.453. The minimum Gasteiger partial charge on any atom is -0.385 e. The zero-order valence-corrected chi connectivity index (χ0v) is 53.2. The molecule has 2 bridgehead atoms. The SMILES string of the molecule is CC1(C)CCC(CN2CCN(c3ccc(C(=O)NS(=O)(=O)c4ccc(N[C@H](CCN5CCN(CCCCCNc6ccc7c(c6)C(=O)N(C6CCC(=O)NC6=O)C7=O)CC5)CSc5ccccc5)c(S(=O)(=O)C(F)(F)F)c4)cc3)CC2)=C(C23CC(C)(C2)C3)C1. The van der Waals surface area contributed by atoms with Crippen LogP contribution in [0, 0.1) is 16.2 Å². The molecule has 5 amide bonds. The van der Waals surface area contributed by atoms with Crippen LogP contribution < -0.4 is 25.6 Å². The minimum atomic E-state index is -6.12. The summed E-state index contributed by atoms with van der Waals surface area (Å²) < 4.78 is 99.8. The smallest absolute Gasteiger partial charge is 0.385 e. The van der Waals surface area contributed by atoms with Crippen LogP contribution in [0.3, 0.4) is 0 Å². The summed E-state index contributed by atoms with van der Waals surface area (Å²) in [5.74, 6) is -2.91. The number of allylic oxidation sites excluding steroid dienone is 1. The second-order valence-electron chi connectivity index (χ2n) is 26.5. The van der Waals surface area contributed by atoms with E-state index in [0.717, 1.165) is 119 Å². The number of unbranched alkanes of at least 4 members (excludes halogenated alkanes) is 2. The third kappa shape index (κ3) is 14.3. The third-order valence-electron chi connectivity index (χ3n) is 19.2. The molecule has 0 aromatic heterocycles. The number of hydrogen-bond donors (Lipinski definition) is 4. The number of amides is 5. The number of alkyl halides is 3. The number of imide groups is 2. The Morgan fingerprint density at radius 3 is 2.10 bits per heavy atom. The lowest BCUT2D eigenvalue weighted by molar-refractivity contribution is -0.167. The van der Waals surface area contributed by atoms with Crippen molar-refractivity contribution in [3.8, 4) is 0 Å². The summed E-state index contributed by atoms with van der Waals surface area (Å²) in [7, 11) is -11.0. The zero-order chi connectivity index (χ0) is 63.1. The second kappa shape index (κ2) is 25.8. The van der Waals surface area contributed by atoms with Crippen LogP contribution in [-0.2, 0) is 29.4 Å². The van der Waals surface area contributed by atoms with Gasteiger partial charge in [0.25, 0.3) is 37.6 Å². The van der Waals surface area contributed by atoms with E-state index in [2.05, 4.69) is 56.3 Å². The summed E-state index contributed by atoms with van der Waals surface area (Å²) in [6.07, 6.45) is 10.8. The largest absolute Gasteiger partial charge is 0.501 e. The van der Waals surface area contributed by atoms with E-state index in [-0.39, 0.29) is 29.5 Å². The van der Waals surface area contributed by atoms with E-state index in [1.807, 2.05) is 35.1 Å². The van der Waals surface area contributed by atoms with Crippen LogP contribution in [0.15, 0.2) is 117 Å². The Kier molecular flexibility index (Phi) is 18.6. The van der Waals surface area contributed by atoms with Crippen LogP contribution >= 0.6 is 11.8 Å². The monoisotopic (exact) mass is 1280 g/mol. The second-order valence-corrected chi connectivity index (χ2v) is 31.2. The maximum atomic E-state index is 14.5. The van der Waals surface area contributed by atoms with Crippen molar-refractivity contribution in [1.29, 1.82) is 0 Å². The molecule has 12 rings (SSSR count). The van der Waals surface area contributed by atoms with Gasteiger partial charge in [0.2, 0.25) is 11.8 Å². The molecule has 4 aromatic rings. The number of halogens is 3. The van der Waals surface area contributed by atoms with Gasteiger partial charge in [-0.2, -0.15) is 13.2 Å². The molecule has 0 radical (unpaired) electrons. The van der Waals surface area contributed by atoms with Crippen molar-refractivity contribution in [2.45, 2.75) is 130 Å². The van der Waals surface area contributed by atoms with Gasteiger partial charge >= 0.3 is 5.51 Å². The van der Waals surface area contributed by atoms with Crippen LogP contribution in [0.25, 0.3) is 0 Å². The molecule has 4 aliphatic heterocycles. The van der Waals surface area contributed by atoms with Crippen molar-refractivity contribution < 1.29 is 54.0 Å². The summed E-state index contributed by atoms with van der Waals surface area (Å²) in [5, 5.41) is 8.59. The van der Waals surface area contributed by atoms with E-state index >= 15 is 0 Å². The first-order valence-corrected chi connectivity index (χ1v) is 35.0. The van der Waals surface area contributed by atoms with Gasteiger partial charge in [-0.15, -0.1) is 11.8 Å². The van der Waals surface area contributed by atoms with Gasteiger partial charge in [-0.3, -0.25) is 39.1 Å². The molecule has 18 nitrogen and oxygen atoms in total. The van der Waals surface area contributed by atoms with Gasteiger partial charge in [0.05, 0.1) is 21.7 Å². The van der Waals surface area contributed by atoms with Crippen molar-refractivity contribution in [3.05, 3.63) is 119 Å². The highest BCUT2D eigenvalue weighted by molar-refractivity contribution is 7.99. The predicted molar refractivity (Wildman–Crippen MR) is 336 cm³/mol. The van der Waals surface area contributed by atoms with Crippen molar-refractivity contribution in [2.75, 3.05) is 99.8 Å². The molecular formula is C65H80F3N9O9S3. The van der Waals surface area contributed by atoms with Crippen molar-refractivity contribution in [1.82, 2.24) is 29.6 Å². The molecule has 6 fully saturated rings. The lowest BCUT2D eigenvalue weighted by Crippen LogP contribution is -2.61. The highest BCUT2D eigenvalue weighted by Crippen LogP contribution is 2.77. The first-order valence-electron chi connectivity index (χ1n) is 31.1. The lowest BCUT2D eigenvalue weighted by atomic mass is 9.33. The van der Waals surface area contributed by atoms with E-state index in [1.54, 1.807) is 41.5 Å². The van der Waals surface area contributed by atoms with E-state index in [4.69, 9.17) is 0 Å². The molecule has 4 aliphatic carbocycles. The molecule has 3 saturated heterocycles. The maximum Gasteiger partial charge on any atom is 0.501 e. The quantitative estimate of drug-likeness (QED) is 0.0222. The molecule has 478 valence electrons. The molecule has 24 heteroatoms. The number of hydrogen-bond acceptors (Lipinski definition) is 16. The van der Waals surface area contributed by atoms with E-state index in [1.165, 1.54) is 56.0 Å². The third-order valence-corrected chi connectivity index (χ3v) is 23.2. The van der Waals surface area contributed by atoms with Crippen LogP contribution in [0.4, 0.5) is 30.2 Å². The van der Waals surface area contributed by atoms with Gasteiger partial charge in [0, 0.05) is 112 Å². The molecule has 1 unspecified atom stereocenters. The average molecular weight is 1280 g/mol. The average Bonchev–Trinajstić information content (AvgIpc) is 1.13. The number of carbonyl (C=O) groups is 5. The molecule has 8 aliphatic rings. The Balaban J connectivity index is 0.661. The molecule has 4 aromatic carbocycles. The molecular weight excluding hydrogens is 1200 g/mol. The number of nitrogens with one attached hydrogen (secondary N) is 4. The zero-order valence-electron chi connectivity index (χ0n) is 50.8. The van der Waals surface area contributed by atoms with Crippen molar-refractivity contribution >= 4 is 78.2 Å². The minimum absolute atomic E-state index is 0.000783. The van der Waals surface area contributed by atoms with E-state index in [9.17, 15) is 54.0 Å². The Morgan fingerprint density at radius 1 is 0.753 bits per heavy atom. The first-order chi connectivity index (χ1) is 42.3. The van der Waals surface area contributed by atoms with E-state index < -0.39 is 82.5 Å². The van der Waals surface area contributed by atoms with Gasteiger partial charge in [0.15, 0.2) is 0 Å². The number of nitrogens with zero attached hydrogens (tertiary/aromatic N) is 5. The van der Waals surface area contributed by atoms with Crippen LogP contribution in [0.1, 0.15) is 129 Å². The summed E-state index contributed by atoms with van der Waals surface area (Å²) in [6.45, 7) is 16.6. The highest BCUT2D eigenvalue weighted by atomic mass is 32.2. The lowest BCUT2D eigenvalue weighted by Gasteiger charge is -2.72. The number of piperidine rings is 1. The molecule has 89 heavy (non-hydrogen) atoms. The Bertz CT molecular complexity index is 3610. The number of anilines is 3. The maximum absolute atomic E-state index is 14.5. The van der Waals surface area contributed by atoms with Gasteiger partial charge in [0.1, 0.15) is 10.9 Å². The van der Waals surface area contributed by atoms with Crippen LogP contribution in [0.5, 0.6) is 0 Å². The topological polar surface area (TPSA) is 218 Å². The Hall–Kier alpha value is -6.31. The fourth-order valence-electron chi connectivity index (χ4n) is 14.5. The van der Waals surface area contributed by atoms with E-state index in [0.29, 0.717) is 53.3 Å². The first kappa shape index (κ1) is 64.2. The summed E-state index contributed by atoms with van der Waals surface area (Å²) in [4.78, 5) is 73.1. The molecule has 4 N–H and O–H groups in total. The molecule has 3 saturated carbocycles. The summed E-state index contributed by atoms with van der Waals surface area (Å²) in [6, 6.07) is 21.7. The Morgan fingerprint density at radius 2 is 1.43 bits per heavy atom. The number of piperazine rings is 2. The number of thioether (sulfide) groups is 1. The van der Waals surface area contributed by atoms with Gasteiger partial charge < -0.3 is 25.3 Å². The number of rotatable bonds is 24. The highest BCUT2D eigenvalue weighted by Gasteiger charge is 2.67. The number of fused-ring (bicyclic) bond motifs is 1. The number of benzene rings is 4. The predicted octanol–water partition coefficient (Wildman–Crippen LogP) is 9.18. The van der Waals surface area contributed by atoms with Crippen molar-refractivity contribution in [3.63, 3.8) is 0 Å². The van der Waals surface area contributed by atoms with Gasteiger partial charge in [-0.25, -0.2) is 21.6 Å². The number of sulfonamides is 1.